The quantitative estimate of drug-likeness (QED) is 0.219. The molecule has 1 aromatic heterocycles. The zero-order chi connectivity index (χ0) is 25.9. The van der Waals surface area contributed by atoms with Gasteiger partial charge in [0.2, 0.25) is 5.91 Å². The number of para-hydroxylation sites is 1. The molecule has 0 spiro atoms. The number of aliphatic hydroxyl groups excluding tert-OH is 1. The molecule has 0 fully saturated rings. The minimum Gasteiger partial charge on any atom is -0.396 e. The summed E-state index contributed by atoms with van der Waals surface area (Å²) in [5.74, 6) is 0.348. The van der Waals surface area contributed by atoms with Gasteiger partial charge in [0.15, 0.2) is 6.29 Å². The number of anilines is 2. The van der Waals surface area contributed by atoms with E-state index in [1.54, 1.807) is 12.1 Å². The Hall–Kier alpha value is -3.84. The lowest BCUT2D eigenvalue weighted by atomic mass is 10.0. The second-order valence-electron chi connectivity index (χ2n) is 8.66. The number of aldehydes is 1. The highest BCUT2D eigenvalue weighted by Gasteiger charge is 2.17. The van der Waals surface area contributed by atoms with Gasteiger partial charge in [-0.2, -0.15) is 0 Å². The number of amides is 1. The van der Waals surface area contributed by atoms with Crippen molar-refractivity contribution in [1.29, 1.82) is 0 Å². The summed E-state index contributed by atoms with van der Waals surface area (Å²) in [6, 6.07) is 12.7. The fraction of sp³-hybridized carbons (Fsp3) is 0.310. The van der Waals surface area contributed by atoms with Crippen molar-refractivity contribution in [3.63, 3.8) is 0 Å². The van der Waals surface area contributed by atoms with E-state index in [9.17, 15) is 14.7 Å². The standard InChI is InChI=1S/C29H34N4O3/c1-4-21(5-2)10-6-9-20(3)29(36)32-24-13-7-11-22(17-24)26(15-16-34)33-28-25-14-8-12-23(18-35)27(25)30-19-31-28/h4,6-8,10-14,17-20,26,34H,5,9,15-16H2,1-3H3,(H,32,36)(H,30,31,33)/b10-6?,21-4-. The molecule has 0 saturated carbocycles. The van der Waals surface area contributed by atoms with E-state index < -0.39 is 0 Å². The number of hydrogen-bond donors (Lipinski definition) is 3. The molecular weight excluding hydrogens is 452 g/mol. The molecule has 0 aliphatic carbocycles. The summed E-state index contributed by atoms with van der Waals surface area (Å²) in [6.45, 7) is 6.00. The number of hydrogen-bond acceptors (Lipinski definition) is 6. The molecule has 7 nitrogen and oxygen atoms in total. The van der Waals surface area contributed by atoms with Gasteiger partial charge in [-0.3, -0.25) is 9.59 Å². The van der Waals surface area contributed by atoms with Crippen molar-refractivity contribution in [3.05, 3.63) is 83.7 Å². The van der Waals surface area contributed by atoms with Crippen molar-refractivity contribution in [2.24, 2.45) is 5.92 Å². The van der Waals surface area contributed by atoms with Crippen LogP contribution in [-0.4, -0.2) is 33.9 Å². The van der Waals surface area contributed by atoms with Gasteiger partial charge in [0.1, 0.15) is 12.1 Å². The molecule has 7 heteroatoms. The number of fused-ring (bicyclic) bond motifs is 1. The smallest absolute Gasteiger partial charge is 0.227 e. The van der Waals surface area contributed by atoms with Crippen molar-refractivity contribution in [2.45, 2.75) is 46.1 Å². The molecular formula is C29H34N4O3. The summed E-state index contributed by atoms with van der Waals surface area (Å²) < 4.78 is 0. The topological polar surface area (TPSA) is 104 Å². The molecule has 0 bridgehead atoms. The summed E-state index contributed by atoms with van der Waals surface area (Å²) in [5.41, 5.74) is 3.89. The van der Waals surface area contributed by atoms with Crippen LogP contribution in [0.25, 0.3) is 10.9 Å². The van der Waals surface area contributed by atoms with Crippen LogP contribution in [0.2, 0.25) is 0 Å². The second kappa shape index (κ2) is 13.3. The van der Waals surface area contributed by atoms with Gasteiger partial charge in [-0.15, -0.1) is 0 Å². The van der Waals surface area contributed by atoms with E-state index in [1.165, 1.54) is 11.9 Å². The predicted molar refractivity (Wildman–Crippen MR) is 145 cm³/mol. The van der Waals surface area contributed by atoms with Gasteiger partial charge in [0.05, 0.1) is 11.6 Å². The Bertz CT molecular complexity index is 1250. The van der Waals surface area contributed by atoms with Crippen LogP contribution in [0.5, 0.6) is 0 Å². The van der Waals surface area contributed by atoms with Crippen molar-refractivity contribution in [1.82, 2.24) is 9.97 Å². The van der Waals surface area contributed by atoms with Crippen LogP contribution in [0.4, 0.5) is 11.5 Å². The maximum absolute atomic E-state index is 12.8. The average molecular weight is 487 g/mol. The number of aromatic nitrogens is 2. The lowest BCUT2D eigenvalue weighted by molar-refractivity contribution is -0.119. The Kier molecular flexibility index (Phi) is 9.89. The molecule has 3 N–H and O–H groups in total. The summed E-state index contributed by atoms with van der Waals surface area (Å²) in [6.07, 6.45) is 10.4. The van der Waals surface area contributed by atoms with Crippen molar-refractivity contribution in [2.75, 3.05) is 17.2 Å². The first-order valence-electron chi connectivity index (χ1n) is 12.3. The summed E-state index contributed by atoms with van der Waals surface area (Å²) in [7, 11) is 0. The maximum atomic E-state index is 12.8. The first-order chi connectivity index (χ1) is 17.5. The van der Waals surface area contributed by atoms with E-state index >= 15 is 0 Å². The van der Waals surface area contributed by atoms with Gasteiger partial charge in [0, 0.05) is 29.2 Å². The van der Waals surface area contributed by atoms with E-state index in [0.717, 1.165) is 23.7 Å². The largest absolute Gasteiger partial charge is 0.396 e. The summed E-state index contributed by atoms with van der Waals surface area (Å²) >= 11 is 0. The molecule has 2 unspecified atom stereocenters. The van der Waals surface area contributed by atoms with E-state index in [4.69, 9.17) is 0 Å². The number of rotatable bonds is 12. The summed E-state index contributed by atoms with van der Waals surface area (Å²) in [4.78, 5) is 32.8. The molecule has 0 aliphatic heterocycles. The Morgan fingerprint density at radius 1 is 1.17 bits per heavy atom. The van der Waals surface area contributed by atoms with E-state index in [0.29, 0.717) is 35.4 Å². The highest BCUT2D eigenvalue weighted by molar-refractivity contribution is 6.00. The lowest BCUT2D eigenvalue weighted by Gasteiger charge is -2.21. The normalized spacial score (nSPS) is 13.5. The van der Waals surface area contributed by atoms with Crippen LogP contribution >= 0.6 is 0 Å². The zero-order valence-electron chi connectivity index (χ0n) is 21.1. The molecule has 2 atom stereocenters. The first kappa shape index (κ1) is 26.8. The van der Waals surface area contributed by atoms with Crippen LogP contribution in [0.1, 0.15) is 62.0 Å². The fourth-order valence-corrected chi connectivity index (χ4v) is 3.98. The first-order valence-corrected chi connectivity index (χ1v) is 12.3. The van der Waals surface area contributed by atoms with E-state index in [-0.39, 0.29) is 24.5 Å². The Balaban J connectivity index is 1.76. The van der Waals surface area contributed by atoms with Crippen molar-refractivity contribution >= 4 is 34.6 Å². The highest BCUT2D eigenvalue weighted by Crippen LogP contribution is 2.28. The third kappa shape index (κ3) is 6.86. The van der Waals surface area contributed by atoms with Crippen LogP contribution in [0.3, 0.4) is 0 Å². The van der Waals surface area contributed by atoms with Crippen LogP contribution in [-0.2, 0) is 4.79 Å². The minimum atomic E-state index is -0.265. The number of nitrogens with one attached hydrogen (secondary N) is 2. The van der Waals surface area contributed by atoms with Crippen LogP contribution in [0, 0.1) is 5.92 Å². The van der Waals surface area contributed by atoms with Crippen molar-refractivity contribution in [3.8, 4) is 0 Å². The third-order valence-corrected chi connectivity index (χ3v) is 6.16. The number of carbonyl (C=O) groups excluding carboxylic acids is 2. The highest BCUT2D eigenvalue weighted by atomic mass is 16.3. The molecule has 36 heavy (non-hydrogen) atoms. The molecule has 0 radical (unpaired) electrons. The van der Waals surface area contributed by atoms with Gasteiger partial charge in [-0.05, 0) is 56.0 Å². The third-order valence-electron chi connectivity index (χ3n) is 6.16. The van der Waals surface area contributed by atoms with Gasteiger partial charge in [-0.25, -0.2) is 9.97 Å². The van der Waals surface area contributed by atoms with Gasteiger partial charge in [-0.1, -0.05) is 55.8 Å². The molecule has 0 saturated heterocycles. The van der Waals surface area contributed by atoms with Crippen LogP contribution in [0.15, 0.2) is 72.6 Å². The number of allylic oxidation sites excluding steroid dienone is 4. The molecule has 1 amide bonds. The fourth-order valence-electron chi connectivity index (χ4n) is 3.98. The van der Waals surface area contributed by atoms with Gasteiger partial charge in [0.25, 0.3) is 0 Å². The predicted octanol–water partition coefficient (Wildman–Crippen LogP) is 5.86. The SMILES string of the molecule is C/C=C(\C=CCC(C)C(=O)Nc1cccc(C(CCO)Nc2ncnc3c(C=O)cccc23)c1)CC. The Morgan fingerprint density at radius 2 is 1.97 bits per heavy atom. The number of carbonyl (C=O) groups is 2. The lowest BCUT2D eigenvalue weighted by Crippen LogP contribution is -2.20. The monoisotopic (exact) mass is 486 g/mol. The Morgan fingerprint density at radius 3 is 2.69 bits per heavy atom. The molecule has 1 heterocycles. The van der Waals surface area contributed by atoms with E-state index in [2.05, 4.69) is 39.7 Å². The molecule has 0 aliphatic rings. The van der Waals surface area contributed by atoms with Crippen molar-refractivity contribution < 1.29 is 14.7 Å². The molecule has 2 aromatic carbocycles. The summed E-state index contributed by atoms with van der Waals surface area (Å²) in [5, 5.41) is 16.8. The number of benzene rings is 2. The van der Waals surface area contributed by atoms with Gasteiger partial charge < -0.3 is 15.7 Å². The van der Waals surface area contributed by atoms with Gasteiger partial charge >= 0.3 is 0 Å². The van der Waals surface area contributed by atoms with E-state index in [1.807, 2.05) is 50.3 Å². The maximum Gasteiger partial charge on any atom is 0.227 e. The molecule has 3 aromatic rings. The average Bonchev–Trinajstić information content (AvgIpc) is 2.90. The minimum absolute atomic E-state index is 0.0355. The Labute approximate surface area is 212 Å². The number of aliphatic hydroxyl groups is 1. The van der Waals surface area contributed by atoms with Crippen LogP contribution < -0.4 is 10.6 Å². The molecule has 3 rings (SSSR count). The second-order valence-corrected chi connectivity index (χ2v) is 8.66. The molecule has 188 valence electrons. The zero-order valence-corrected chi connectivity index (χ0v) is 21.1. The number of nitrogens with zero attached hydrogens (tertiary/aromatic N) is 2.